The fraction of sp³-hybridized carbons (Fsp3) is 0.333. The number of hydrogen-bond donors (Lipinski definition) is 1. The zero-order chi connectivity index (χ0) is 15.7. The van der Waals surface area contributed by atoms with Crippen molar-refractivity contribution in [3.05, 3.63) is 40.3 Å². The van der Waals surface area contributed by atoms with Gasteiger partial charge in [0.15, 0.2) is 0 Å². The van der Waals surface area contributed by atoms with Crippen LogP contribution in [0.4, 0.5) is 0 Å². The number of aromatic nitrogens is 2. The first-order valence-corrected chi connectivity index (χ1v) is 7.07. The first-order chi connectivity index (χ1) is 10.6. The molecule has 7 heteroatoms. The van der Waals surface area contributed by atoms with Crippen molar-refractivity contribution in [2.24, 2.45) is 0 Å². The molecule has 2 aromatic rings. The molecule has 1 aliphatic heterocycles. The Morgan fingerprint density at radius 3 is 2.82 bits per heavy atom. The lowest BCUT2D eigenvalue weighted by molar-refractivity contribution is -0.127. The number of nitrogens with zero attached hydrogens (tertiary/aromatic N) is 3. The Kier molecular flexibility index (Phi) is 3.62. The van der Waals surface area contributed by atoms with Gasteiger partial charge in [0.1, 0.15) is 5.56 Å². The van der Waals surface area contributed by atoms with Gasteiger partial charge in [-0.25, -0.2) is 4.79 Å². The second-order valence-electron chi connectivity index (χ2n) is 5.21. The minimum absolute atomic E-state index is 0.0740. The Morgan fingerprint density at radius 2 is 2.14 bits per heavy atom. The molecule has 2 aromatic heterocycles. The van der Waals surface area contributed by atoms with Crippen LogP contribution in [0.1, 0.15) is 23.2 Å². The van der Waals surface area contributed by atoms with Gasteiger partial charge in [-0.1, -0.05) is 0 Å². The Hall–Kier alpha value is -2.70. The summed E-state index contributed by atoms with van der Waals surface area (Å²) < 4.78 is 1.39. The zero-order valence-electron chi connectivity index (χ0n) is 11.9. The molecule has 0 unspecified atom stereocenters. The van der Waals surface area contributed by atoms with E-state index in [9.17, 15) is 14.4 Å². The lowest BCUT2D eigenvalue weighted by atomic mass is 10.2. The molecule has 0 bridgehead atoms. The quantitative estimate of drug-likeness (QED) is 0.898. The highest BCUT2D eigenvalue weighted by Gasteiger charge is 2.21. The van der Waals surface area contributed by atoms with Crippen LogP contribution >= 0.6 is 0 Å². The summed E-state index contributed by atoms with van der Waals surface area (Å²) in [6.07, 6.45) is 2.91. The number of carbonyl (C=O) groups excluding carboxylic acids is 1. The van der Waals surface area contributed by atoms with Crippen molar-refractivity contribution in [3.8, 4) is 0 Å². The monoisotopic (exact) mass is 301 g/mol. The van der Waals surface area contributed by atoms with Crippen molar-refractivity contribution in [2.75, 3.05) is 13.1 Å². The van der Waals surface area contributed by atoms with Gasteiger partial charge >= 0.3 is 5.97 Å². The van der Waals surface area contributed by atoms with E-state index in [4.69, 9.17) is 5.11 Å². The van der Waals surface area contributed by atoms with E-state index < -0.39 is 11.5 Å². The molecule has 7 nitrogen and oxygen atoms in total. The predicted molar refractivity (Wildman–Crippen MR) is 78.8 cm³/mol. The van der Waals surface area contributed by atoms with Crippen molar-refractivity contribution in [1.82, 2.24) is 14.5 Å². The van der Waals surface area contributed by atoms with Gasteiger partial charge in [0.05, 0.1) is 11.0 Å². The molecule has 0 saturated carbocycles. The molecule has 0 spiro atoms. The second kappa shape index (κ2) is 5.59. The average molecular weight is 301 g/mol. The number of carbonyl (C=O) groups is 2. The van der Waals surface area contributed by atoms with Crippen LogP contribution in [0.25, 0.3) is 11.0 Å². The van der Waals surface area contributed by atoms with Gasteiger partial charge in [-0.05, 0) is 24.6 Å². The Labute approximate surface area is 125 Å². The van der Waals surface area contributed by atoms with Crippen LogP contribution < -0.4 is 5.56 Å². The van der Waals surface area contributed by atoms with Crippen LogP contribution in [0.3, 0.4) is 0 Å². The number of fused-ring (bicyclic) bond motifs is 1. The van der Waals surface area contributed by atoms with E-state index in [2.05, 4.69) is 4.98 Å². The van der Waals surface area contributed by atoms with Gasteiger partial charge in [-0.2, -0.15) is 0 Å². The van der Waals surface area contributed by atoms with E-state index in [0.717, 1.165) is 6.42 Å². The Balaban J connectivity index is 2.02. The van der Waals surface area contributed by atoms with E-state index in [1.807, 2.05) is 0 Å². The summed E-state index contributed by atoms with van der Waals surface area (Å²) in [5.74, 6) is -1.20. The number of likely N-dealkylation sites (tertiary alicyclic amines) is 1. The summed E-state index contributed by atoms with van der Waals surface area (Å²) in [5, 5.41) is 9.17. The maximum Gasteiger partial charge on any atom is 0.341 e. The van der Waals surface area contributed by atoms with Crippen LogP contribution in [0.2, 0.25) is 0 Å². The molecular formula is C15H15N3O4. The Bertz CT molecular complexity index is 812. The van der Waals surface area contributed by atoms with Crippen molar-refractivity contribution >= 4 is 22.9 Å². The molecule has 3 rings (SSSR count). The smallest absolute Gasteiger partial charge is 0.341 e. The first kappa shape index (κ1) is 14.2. The third-order valence-electron chi connectivity index (χ3n) is 3.86. The van der Waals surface area contributed by atoms with Crippen molar-refractivity contribution in [2.45, 2.75) is 19.4 Å². The van der Waals surface area contributed by atoms with Crippen molar-refractivity contribution in [1.29, 1.82) is 0 Å². The third-order valence-corrected chi connectivity index (χ3v) is 3.86. The largest absolute Gasteiger partial charge is 0.477 e. The van der Waals surface area contributed by atoms with E-state index >= 15 is 0 Å². The fourth-order valence-electron chi connectivity index (χ4n) is 2.74. The highest BCUT2D eigenvalue weighted by atomic mass is 16.4. The van der Waals surface area contributed by atoms with Gasteiger partial charge in [-0.3, -0.25) is 14.6 Å². The van der Waals surface area contributed by atoms with Crippen molar-refractivity contribution < 1.29 is 14.7 Å². The number of pyridine rings is 2. The molecule has 0 aromatic carbocycles. The van der Waals surface area contributed by atoms with E-state index in [-0.39, 0.29) is 18.0 Å². The number of carboxylic acids is 1. The van der Waals surface area contributed by atoms with E-state index in [1.165, 1.54) is 10.6 Å². The highest BCUT2D eigenvalue weighted by molar-refractivity contribution is 5.91. The van der Waals surface area contributed by atoms with Crippen LogP contribution in [0.5, 0.6) is 0 Å². The number of hydrogen-bond acceptors (Lipinski definition) is 4. The van der Waals surface area contributed by atoms with Crippen LogP contribution in [0, 0.1) is 0 Å². The third kappa shape index (κ3) is 2.45. The molecule has 1 aliphatic rings. The SMILES string of the molecule is O=C(O)c1cc2ncccc2n(CCN2CCCC2=O)c1=O. The highest BCUT2D eigenvalue weighted by Crippen LogP contribution is 2.13. The summed E-state index contributed by atoms with van der Waals surface area (Å²) >= 11 is 0. The topological polar surface area (TPSA) is 92.5 Å². The van der Waals surface area contributed by atoms with Crippen molar-refractivity contribution in [3.63, 3.8) is 0 Å². The molecule has 1 fully saturated rings. The minimum atomic E-state index is -1.27. The molecule has 1 amide bonds. The van der Waals surface area contributed by atoms with Crippen LogP contribution in [-0.4, -0.2) is 44.5 Å². The second-order valence-corrected chi connectivity index (χ2v) is 5.21. The van der Waals surface area contributed by atoms with E-state index in [0.29, 0.717) is 30.5 Å². The van der Waals surface area contributed by atoms with Gasteiger partial charge < -0.3 is 14.6 Å². The number of rotatable bonds is 4. The lowest BCUT2D eigenvalue weighted by Crippen LogP contribution is -2.33. The Morgan fingerprint density at radius 1 is 1.32 bits per heavy atom. The molecule has 0 aliphatic carbocycles. The molecule has 3 heterocycles. The van der Waals surface area contributed by atoms with Gasteiger partial charge in [-0.15, -0.1) is 0 Å². The zero-order valence-corrected chi connectivity index (χ0v) is 11.9. The summed E-state index contributed by atoms with van der Waals surface area (Å²) in [6.45, 7) is 1.34. The fourth-order valence-corrected chi connectivity index (χ4v) is 2.74. The molecule has 0 atom stereocenters. The van der Waals surface area contributed by atoms with E-state index in [1.54, 1.807) is 23.2 Å². The minimum Gasteiger partial charge on any atom is -0.477 e. The van der Waals surface area contributed by atoms with Crippen LogP contribution in [-0.2, 0) is 11.3 Å². The summed E-state index contributed by atoms with van der Waals surface area (Å²) in [5.41, 5.74) is 0.148. The average Bonchev–Trinajstić information content (AvgIpc) is 2.91. The first-order valence-electron chi connectivity index (χ1n) is 7.07. The predicted octanol–water partition coefficient (Wildman–Crippen LogP) is 0.717. The normalized spacial score (nSPS) is 14.7. The molecule has 1 N–H and O–H groups in total. The lowest BCUT2D eigenvalue weighted by Gasteiger charge is -2.17. The maximum atomic E-state index is 12.4. The molecule has 1 saturated heterocycles. The van der Waals surface area contributed by atoms with Gasteiger partial charge in [0.2, 0.25) is 5.91 Å². The molecule has 0 radical (unpaired) electrons. The number of carboxylic acid groups (broad SMARTS) is 1. The maximum absolute atomic E-state index is 12.4. The molecule has 114 valence electrons. The number of amides is 1. The summed E-state index contributed by atoms with van der Waals surface area (Å²) in [4.78, 5) is 41.1. The standard InChI is InChI=1S/C15H15N3O4/c19-13-4-2-6-17(13)7-8-18-12-3-1-5-16-11(12)9-10(14(18)20)15(21)22/h1,3,5,9H,2,4,6-8H2,(H,21,22). The van der Waals surface area contributed by atoms with Gasteiger partial charge in [0, 0.05) is 32.3 Å². The van der Waals surface area contributed by atoms with Crippen LogP contribution in [0.15, 0.2) is 29.2 Å². The molecular weight excluding hydrogens is 286 g/mol. The van der Waals surface area contributed by atoms with Gasteiger partial charge in [0.25, 0.3) is 5.56 Å². The number of aromatic carboxylic acids is 1. The summed E-state index contributed by atoms with van der Waals surface area (Å²) in [6, 6.07) is 4.71. The molecule has 22 heavy (non-hydrogen) atoms. The summed E-state index contributed by atoms with van der Waals surface area (Å²) in [7, 11) is 0.